The van der Waals surface area contributed by atoms with Crippen LogP contribution < -0.4 is 0 Å². The first-order valence-corrected chi connectivity index (χ1v) is 6.58. The van der Waals surface area contributed by atoms with Crippen LogP contribution in [0, 0.1) is 13.8 Å². The zero-order valence-electron chi connectivity index (χ0n) is 12.9. The van der Waals surface area contributed by atoms with Crippen molar-refractivity contribution in [2.24, 2.45) is 4.99 Å². The van der Waals surface area contributed by atoms with E-state index in [4.69, 9.17) is 4.42 Å². The summed E-state index contributed by atoms with van der Waals surface area (Å²) in [4.78, 5) is 8.18. The van der Waals surface area contributed by atoms with E-state index >= 15 is 0 Å². The van der Waals surface area contributed by atoms with Gasteiger partial charge in [0, 0.05) is 13.1 Å². The number of fused-ring (bicyclic) bond motifs is 1. The highest BCUT2D eigenvalue weighted by Gasteiger charge is 1.99. The molecule has 0 saturated heterocycles. The summed E-state index contributed by atoms with van der Waals surface area (Å²) in [6, 6.07) is 5.99. The molecule has 0 aliphatic carbocycles. The van der Waals surface area contributed by atoms with E-state index in [0.717, 1.165) is 22.7 Å². The molecule has 1 aromatic carbocycles. The van der Waals surface area contributed by atoms with Crippen molar-refractivity contribution in [1.29, 1.82) is 0 Å². The average Bonchev–Trinajstić information content (AvgIpc) is 2.68. The number of hydrogen-bond donors (Lipinski definition) is 0. The summed E-state index contributed by atoms with van der Waals surface area (Å²) in [5.74, 6) is 0.727. The Morgan fingerprint density at radius 1 is 1.30 bits per heavy atom. The van der Waals surface area contributed by atoms with Crippen molar-refractivity contribution in [2.45, 2.75) is 34.6 Å². The Morgan fingerprint density at radius 3 is 2.60 bits per heavy atom. The van der Waals surface area contributed by atoms with E-state index in [1.165, 1.54) is 11.1 Å². The molecular weight excluding hydrogens is 248 g/mol. The first-order valence-electron chi connectivity index (χ1n) is 6.58. The van der Waals surface area contributed by atoms with Gasteiger partial charge in [-0.2, -0.15) is 0 Å². The highest BCUT2D eigenvalue weighted by molar-refractivity contribution is 5.73. The number of allylic oxidation sites excluding steroid dienone is 2. The van der Waals surface area contributed by atoms with Gasteiger partial charge in [-0.25, -0.2) is 4.98 Å². The zero-order valence-corrected chi connectivity index (χ0v) is 12.9. The molecule has 0 atom stereocenters. The number of benzene rings is 1. The standard InChI is InChI=1S/C9H9NO.C8H13N/c1-6-3-4-9-8(5-6)10-7(2)11-9;1-5-9-8(4)6-7(2)3/h3-5H,1-2H3;5-6H,4H2,1-3H3. The van der Waals surface area contributed by atoms with Crippen molar-refractivity contribution < 1.29 is 4.42 Å². The molecule has 0 aliphatic rings. The lowest BCUT2D eigenvalue weighted by Gasteiger charge is -1.88. The van der Waals surface area contributed by atoms with E-state index < -0.39 is 0 Å². The second-order valence-corrected chi connectivity index (χ2v) is 4.80. The fourth-order valence-corrected chi connectivity index (χ4v) is 1.69. The largest absolute Gasteiger partial charge is 0.441 e. The molecule has 0 unspecified atom stereocenters. The predicted octanol–water partition coefficient (Wildman–Crippen LogP) is 5.00. The third kappa shape index (κ3) is 5.22. The Hall–Kier alpha value is -2.16. The number of nitrogens with zero attached hydrogens (tertiary/aromatic N) is 2. The van der Waals surface area contributed by atoms with Crippen LogP contribution in [0.5, 0.6) is 0 Å². The van der Waals surface area contributed by atoms with Crippen LogP contribution in [0.15, 0.2) is 51.5 Å². The van der Waals surface area contributed by atoms with Gasteiger partial charge in [0.25, 0.3) is 0 Å². The molecule has 0 aliphatic heterocycles. The number of aryl methyl sites for hydroxylation is 2. The molecular formula is C17H22N2O. The SMILES string of the molecule is C=C(C=C(C)C)N=CC.Cc1ccc2oc(C)nc2c1. The number of aliphatic imine (C=N–C) groups is 1. The van der Waals surface area contributed by atoms with Gasteiger partial charge in [0.1, 0.15) is 5.52 Å². The number of rotatable bonds is 2. The Kier molecular flexibility index (Phi) is 5.91. The molecule has 2 rings (SSSR count). The maximum absolute atomic E-state index is 5.31. The Balaban J connectivity index is 0.000000206. The third-order valence-electron chi connectivity index (χ3n) is 2.40. The second kappa shape index (κ2) is 7.43. The smallest absolute Gasteiger partial charge is 0.192 e. The zero-order chi connectivity index (χ0) is 15.1. The molecule has 0 radical (unpaired) electrons. The van der Waals surface area contributed by atoms with Crippen LogP contribution in [0.2, 0.25) is 0 Å². The summed E-state index contributed by atoms with van der Waals surface area (Å²) in [5.41, 5.74) is 5.07. The molecule has 0 fully saturated rings. The number of oxazole rings is 1. The maximum Gasteiger partial charge on any atom is 0.192 e. The minimum Gasteiger partial charge on any atom is -0.441 e. The van der Waals surface area contributed by atoms with E-state index in [-0.39, 0.29) is 0 Å². The van der Waals surface area contributed by atoms with Gasteiger partial charge in [0.05, 0.1) is 5.70 Å². The monoisotopic (exact) mass is 270 g/mol. The van der Waals surface area contributed by atoms with E-state index in [2.05, 4.69) is 16.6 Å². The van der Waals surface area contributed by atoms with Crippen LogP contribution >= 0.6 is 0 Å². The van der Waals surface area contributed by atoms with Crippen molar-refractivity contribution >= 4 is 17.3 Å². The van der Waals surface area contributed by atoms with E-state index in [1.807, 2.05) is 58.9 Å². The lowest BCUT2D eigenvalue weighted by atomic mass is 10.2. The Bertz CT molecular complexity index is 644. The van der Waals surface area contributed by atoms with E-state index in [0.29, 0.717) is 0 Å². The lowest BCUT2D eigenvalue weighted by Crippen LogP contribution is -1.71. The fourth-order valence-electron chi connectivity index (χ4n) is 1.69. The Morgan fingerprint density at radius 2 is 2.00 bits per heavy atom. The van der Waals surface area contributed by atoms with Gasteiger partial charge in [-0.3, -0.25) is 4.99 Å². The van der Waals surface area contributed by atoms with Gasteiger partial charge in [-0.05, 0) is 51.5 Å². The van der Waals surface area contributed by atoms with Crippen molar-refractivity contribution in [3.05, 3.63) is 53.6 Å². The first kappa shape index (κ1) is 15.9. The Labute approximate surface area is 120 Å². The molecule has 0 bridgehead atoms. The maximum atomic E-state index is 5.31. The highest BCUT2D eigenvalue weighted by Crippen LogP contribution is 2.15. The minimum absolute atomic E-state index is 0.727. The first-order chi connectivity index (χ1) is 9.42. The molecule has 1 aromatic heterocycles. The van der Waals surface area contributed by atoms with Crippen LogP contribution in [-0.4, -0.2) is 11.2 Å². The summed E-state index contributed by atoms with van der Waals surface area (Å²) in [7, 11) is 0. The van der Waals surface area contributed by atoms with Crippen molar-refractivity contribution in [1.82, 2.24) is 4.98 Å². The van der Waals surface area contributed by atoms with Gasteiger partial charge < -0.3 is 4.42 Å². The molecule has 3 heteroatoms. The van der Waals surface area contributed by atoms with Crippen LogP contribution in [0.4, 0.5) is 0 Å². The molecule has 0 amide bonds. The van der Waals surface area contributed by atoms with Crippen molar-refractivity contribution in [2.75, 3.05) is 0 Å². The van der Waals surface area contributed by atoms with Crippen LogP contribution in [0.25, 0.3) is 11.1 Å². The average molecular weight is 270 g/mol. The molecule has 0 N–H and O–H groups in total. The van der Waals surface area contributed by atoms with Gasteiger partial charge in [-0.15, -0.1) is 0 Å². The van der Waals surface area contributed by atoms with Crippen LogP contribution in [0.3, 0.4) is 0 Å². The second-order valence-electron chi connectivity index (χ2n) is 4.80. The topological polar surface area (TPSA) is 38.4 Å². The summed E-state index contributed by atoms with van der Waals surface area (Å²) in [6.07, 6.45) is 3.68. The molecule has 0 saturated carbocycles. The van der Waals surface area contributed by atoms with Crippen molar-refractivity contribution in [3.8, 4) is 0 Å². The normalized spacial score (nSPS) is 10.2. The number of aromatic nitrogens is 1. The summed E-state index contributed by atoms with van der Waals surface area (Å²) in [5, 5.41) is 0. The summed E-state index contributed by atoms with van der Waals surface area (Å²) in [6.45, 7) is 13.5. The predicted molar refractivity (Wildman–Crippen MR) is 86.2 cm³/mol. The van der Waals surface area contributed by atoms with E-state index in [9.17, 15) is 0 Å². The summed E-state index contributed by atoms with van der Waals surface area (Å²) >= 11 is 0. The highest BCUT2D eigenvalue weighted by atomic mass is 16.3. The minimum atomic E-state index is 0.727. The molecule has 2 aromatic rings. The van der Waals surface area contributed by atoms with Gasteiger partial charge in [0.15, 0.2) is 11.5 Å². The van der Waals surface area contributed by atoms with Crippen molar-refractivity contribution in [3.63, 3.8) is 0 Å². The fraction of sp³-hybridized carbons (Fsp3) is 0.294. The molecule has 20 heavy (non-hydrogen) atoms. The quantitative estimate of drug-likeness (QED) is 0.569. The molecule has 1 heterocycles. The van der Waals surface area contributed by atoms with Crippen LogP contribution in [0.1, 0.15) is 32.2 Å². The lowest BCUT2D eigenvalue weighted by molar-refractivity contribution is 0.561. The third-order valence-corrected chi connectivity index (χ3v) is 2.40. The molecule has 106 valence electrons. The van der Waals surface area contributed by atoms with Gasteiger partial charge >= 0.3 is 0 Å². The number of hydrogen-bond acceptors (Lipinski definition) is 3. The summed E-state index contributed by atoms with van der Waals surface area (Å²) < 4.78 is 5.31. The van der Waals surface area contributed by atoms with Crippen LogP contribution in [-0.2, 0) is 0 Å². The van der Waals surface area contributed by atoms with Gasteiger partial charge in [-0.1, -0.05) is 18.2 Å². The molecule has 3 nitrogen and oxygen atoms in total. The van der Waals surface area contributed by atoms with Gasteiger partial charge in [0.2, 0.25) is 0 Å². The van der Waals surface area contributed by atoms with E-state index in [1.54, 1.807) is 6.21 Å². The molecule has 0 spiro atoms.